The van der Waals surface area contributed by atoms with Crippen LogP contribution in [0.1, 0.15) is 10.5 Å². The lowest BCUT2D eigenvalue weighted by Crippen LogP contribution is -2.13. The molecule has 1 heterocycles. The van der Waals surface area contributed by atoms with Gasteiger partial charge in [0, 0.05) is 6.20 Å². The lowest BCUT2D eigenvalue weighted by atomic mass is 10.3. The van der Waals surface area contributed by atoms with Crippen LogP contribution in [0.4, 0.5) is 0 Å². The van der Waals surface area contributed by atoms with E-state index in [0.717, 1.165) is 0 Å². The zero-order valence-corrected chi connectivity index (χ0v) is 6.86. The number of carbonyl (C=O) groups excluding carboxylic acids is 1. The third kappa shape index (κ3) is 1.61. The third-order valence-electron chi connectivity index (χ3n) is 1.08. The first-order valence-electron chi connectivity index (χ1n) is 2.72. The molecule has 0 aliphatic rings. The Labute approximate surface area is 73.1 Å². The van der Waals surface area contributed by atoms with Crippen molar-refractivity contribution in [3.05, 3.63) is 28.0 Å². The van der Waals surface area contributed by atoms with E-state index < -0.39 is 5.91 Å². The van der Waals surface area contributed by atoms with Crippen molar-refractivity contribution in [2.24, 2.45) is 5.73 Å². The molecule has 0 aliphatic carbocycles. The summed E-state index contributed by atoms with van der Waals surface area (Å²) in [6, 6.07) is 1.48. The molecule has 0 saturated heterocycles. The Balaban J connectivity index is 3.27. The van der Waals surface area contributed by atoms with Crippen molar-refractivity contribution in [2.75, 3.05) is 0 Å². The highest BCUT2D eigenvalue weighted by atomic mass is 35.5. The van der Waals surface area contributed by atoms with Crippen LogP contribution >= 0.6 is 23.2 Å². The summed E-state index contributed by atoms with van der Waals surface area (Å²) in [4.78, 5) is 14.2. The second-order valence-electron chi connectivity index (χ2n) is 1.82. The molecule has 1 rings (SSSR count). The standard InChI is InChI=1S/C6H4Cl2N2O/c7-3-1-2-10-5(4(3)8)6(9)11/h1-2H,(H2,9,11). The van der Waals surface area contributed by atoms with E-state index in [1.807, 2.05) is 0 Å². The molecule has 3 nitrogen and oxygen atoms in total. The number of nitrogens with two attached hydrogens (primary N) is 1. The first-order valence-corrected chi connectivity index (χ1v) is 3.48. The molecule has 0 spiro atoms. The largest absolute Gasteiger partial charge is 0.364 e. The summed E-state index contributed by atoms with van der Waals surface area (Å²) in [7, 11) is 0. The molecule has 0 aliphatic heterocycles. The van der Waals surface area contributed by atoms with E-state index in [0.29, 0.717) is 0 Å². The third-order valence-corrected chi connectivity index (χ3v) is 1.87. The van der Waals surface area contributed by atoms with Gasteiger partial charge >= 0.3 is 0 Å². The maximum absolute atomic E-state index is 10.6. The molecule has 0 saturated carbocycles. The van der Waals surface area contributed by atoms with Crippen LogP contribution in [-0.2, 0) is 0 Å². The molecule has 0 aromatic carbocycles. The minimum atomic E-state index is -0.683. The molecule has 11 heavy (non-hydrogen) atoms. The van der Waals surface area contributed by atoms with Crippen LogP contribution in [0.2, 0.25) is 10.0 Å². The summed E-state index contributed by atoms with van der Waals surface area (Å²) >= 11 is 11.2. The Bertz CT molecular complexity index is 301. The van der Waals surface area contributed by atoms with Crippen molar-refractivity contribution in [3.63, 3.8) is 0 Å². The molecule has 0 bridgehead atoms. The Morgan fingerprint density at radius 1 is 1.55 bits per heavy atom. The average molecular weight is 191 g/mol. The van der Waals surface area contributed by atoms with Crippen molar-refractivity contribution in [2.45, 2.75) is 0 Å². The fourth-order valence-electron chi connectivity index (χ4n) is 0.592. The van der Waals surface area contributed by atoms with E-state index in [4.69, 9.17) is 28.9 Å². The number of amides is 1. The molecular formula is C6H4Cl2N2O. The average Bonchev–Trinajstić information content (AvgIpc) is 1.94. The quantitative estimate of drug-likeness (QED) is 0.730. The molecule has 0 atom stereocenters. The smallest absolute Gasteiger partial charge is 0.268 e. The number of rotatable bonds is 1. The van der Waals surface area contributed by atoms with E-state index in [1.165, 1.54) is 12.3 Å². The van der Waals surface area contributed by atoms with Gasteiger partial charge in [0.15, 0.2) is 0 Å². The zero-order valence-electron chi connectivity index (χ0n) is 5.34. The minimum absolute atomic E-state index is 0.000772. The normalized spacial score (nSPS) is 9.64. The van der Waals surface area contributed by atoms with Crippen molar-refractivity contribution in [1.29, 1.82) is 0 Å². The Hall–Kier alpha value is -0.800. The minimum Gasteiger partial charge on any atom is -0.364 e. The summed E-state index contributed by atoms with van der Waals surface area (Å²) < 4.78 is 0. The van der Waals surface area contributed by atoms with Gasteiger partial charge in [-0.1, -0.05) is 23.2 Å². The topological polar surface area (TPSA) is 56.0 Å². The summed E-state index contributed by atoms with van der Waals surface area (Å²) in [5, 5.41) is 0.372. The number of hydrogen-bond acceptors (Lipinski definition) is 2. The van der Waals surface area contributed by atoms with Gasteiger partial charge in [0.05, 0.1) is 10.0 Å². The van der Waals surface area contributed by atoms with Crippen LogP contribution in [-0.4, -0.2) is 10.9 Å². The van der Waals surface area contributed by atoms with E-state index in [1.54, 1.807) is 0 Å². The maximum atomic E-state index is 10.6. The van der Waals surface area contributed by atoms with Gasteiger partial charge in [0.1, 0.15) is 5.69 Å². The molecule has 1 aromatic heterocycles. The first-order chi connectivity index (χ1) is 5.13. The van der Waals surface area contributed by atoms with Crippen LogP contribution in [0.3, 0.4) is 0 Å². The van der Waals surface area contributed by atoms with Gasteiger partial charge in [0.25, 0.3) is 5.91 Å². The highest BCUT2D eigenvalue weighted by Gasteiger charge is 2.09. The summed E-state index contributed by atoms with van der Waals surface area (Å²) in [5.74, 6) is -0.683. The lowest BCUT2D eigenvalue weighted by molar-refractivity contribution is 0.0996. The van der Waals surface area contributed by atoms with Gasteiger partial charge in [-0.05, 0) is 6.07 Å². The monoisotopic (exact) mass is 190 g/mol. The van der Waals surface area contributed by atoms with Crippen LogP contribution in [0.5, 0.6) is 0 Å². The number of hydrogen-bond donors (Lipinski definition) is 1. The molecule has 0 radical (unpaired) electrons. The molecule has 5 heteroatoms. The van der Waals surface area contributed by atoms with E-state index in [-0.39, 0.29) is 15.7 Å². The number of aromatic nitrogens is 1. The molecular weight excluding hydrogens is 187 g/mol. The summed E-state index contributed by atoms with van der Waals surface area (Å²) in [5.41, 5.74) is 4.94. The number of nitrogens with zero attached hydrogens (tertiary/aromatic N) is 1. The van der Waals surface area contributed by atoms with Crippen molar-refractivity contribution in [1.82, 2.24) is 4.98 Å². The van der Waals surface area contributed by atoms with Gasteiger partial charge in [-0.2, -0.15) is 0 Å². The molecule has 0 unspecified atom stereocenters. The summed E-state index contributed by atoms with van der Waals surface area (Å²) in [6.45, 7) is 0. The fraction of sp³-hybridized carbons (Fsp3) is 0. The fourth-order valence-corrected chi connectivity index (χ4v) is 0.943. The highest BCUT2D eigenvalue weighted by molar-refractivity contribution is 6.43. The molecule has 58 valence electrons. The lowest BCUT2D eigenvalue weighted by Gasteiger charge is -1.98. The number of halogens is 2. The number of carbonyl (C=O) groups is 1. The van der Waals surface area contributed by atoms with Gasteiger partial charge in [-0.25, -0.2) is 4.98 Å². The first kappa shape index (κ1) is 8.30. The van der Waals surface area contributed by atoms with Crippen LogP contribution in [0.15, 0.2) is 12.3 Å². The Kier molecular flexibility index (Phi) is 2.31. The second-order valence-corrected chi connectivity index (χ2v) is 2.60. The van der Waals surface area contributed by atoms with Crippen molar-refractivity contribution in [3.8, 4) is 0 Å². The number of pyridine rings is 1. The van der Waals surface area contributed by atoms with Gasteiger partial charge < -0.3 is 5.73 Å². The van der Waals surface area contributed by atoms with Gasteiger partial charge in [0.2, 0.25) is 0 Å². The Morgan fingerprint density at radius 2 is 2.18 bits per heavy atom. The molecule has 1 aromatic rings. The van der Waals surface area contributed by atoms with Crippen molar-refractivity contribution >= 4 is 29.1 Å². The Morgan fingerprint density at radius 3 is 2.64 bits per heavy atom. The zero-order chi connectivity index (χ0) is 8.43. The number of primary amides is 1. The van der Waals surface area contributed by atoms with E-state index >= 15 is 0 Å². The van der Waals surface area contributed by atoms with Crippen molar-refractivity contribution < 1.29 is 4.79 Å². The predicted molar refractivity (Wildman–Crippen MR) is 42.8 cm³/mol. The van der Waals surface area contributed by atoms with E-state index in [9.17, 15) is 4.79 Å². The van der Waals surface area contributed by atoms with Crippen LogP contribution in [0.25, 0.3) is 0 Å². The van der Waals surface area contributed by atoms with Gasteiger partial charge in [-0.3, -0.25) is 4.79 Å². The molecule has 1 amide bonds. The molecule has 2 N–H and O–H groups in total. The maximum Gasteiger partial charge on any atom is 0.268 e. The summed E-state index contributed by atoms with van der Waals surface area (Å²) in [6.07, 6.45) is 1.37. The molecule has 0 fully saturated rings. The van der Waals surface area contributed by atoms with Gasteiger partial charge in [-0.15, -0.1) is 0 Å². The second kappa shape index (κ2) is 3.07. The van der Waals surface area contributed by atoms with Crippen LogP contribution < -0.4 is 5.73 Å². The highest BCUT2D eigenvalue weighted by Crippen LogP contribution is 2.22. The predicted octanol–water partition coefficient (Wildman–Crippen LogP) is 1.49. The van der Waals surface area contributed by atoms with Crippen LogP contribution in [0, 0.1) is 0 Å². The SMILES string of the molecule is NC(=O)c1nccc(Cl)c1Cl. The van der Waals surface area contributed by atoms with E-state index in [2.05, 4.69) is 4.98 Å².